The number of halogens is 2. The summed E-state index contributed by atoms with van der Waals surface area (Å²) in [4.78, 5) is 1.24. The molecule has 0 fully saturated rings. The Morgan fingerprint density at radius 3 is 2.83 bits per heavy atom. The second-order valence-corrected chi connectivity index (χ2v) is 6.28. The molecule has 1 unspecified atom stereocenters. The first kappa shape index (κ1) is 13.9. The standard InChI is InChI=1S/C13H13BrClNOS/c1-17-13-5-9(15)2-3-11(13)12(16)6-10-4-8(14)7-18-10/h2-5,7,12H,6,16H2,1H3. The fourth-order valence-electron chi connectivity index (χ4n) is 1.78. The molecular weight excluding hydrogens is 334 g/mol. The molecule has 0 saturated carbocycles. The van der Waals surface area contributed by atoms with Gasteiger partial charge in [0.05, 0.1) is 7.11 Å². The van der Waals surface area contributed by atoms with Crippen LogP contribution in [-0.4, -0.2) is 7.11 Å². The fourth-order valence-corrected chi connectivity index (χ4v) is 3.45. The highest BCUT2D eigenvalue weighted by Gasteiger charge is 2.14. The zero-order valence-corrected chi connectivity index (χ0v) is 13.0. The molecular formula is C13H13BrClNOS. The van der Waals surface area contributed by atoms with E-state index in [0.29, 0.717) is 5.02 Å². The second kappa shape index (κ2) is 6.06. The summed E-state index contributed by atoms with van der Waals surface area (Å²) in [6.07, 6.45) is 0.786. The molecule has 5 heteroatoms. The Bertz CT molecular complexity index is 544. The van der Waals surface area contributed by atoms with Crippen LogP contribution < -0.4 is 10.5 Å². The number of thiophene rings is 1. The molecule has 2 aromatic rings. The van der Waals surface area contributed by atoms with Crippen LogP contribution in [0.5, 0.6) is 5.75 Å². The van der Waals surface area contributed by atoms with E-state index in [9.17, 15) is 0 Å². The Morgan fingerprint density at radius 2 is 2.22 bits per heavy atom. The monoisotopic (exact) mass is 345 g/mol. The predicted octanol–water partition coefficient (Wildman–Crippen LogP) is 4.42. The highest BCUT2D eigenvalue weighted by molar-refractivity contribution is 9.10. The number of nitrogens with two attached hydrogens (primary N) is 1. The normalized spacial score (nSPS) is 12.4. The van der Waals surface area contributed by atoms with Crippen LogP contribution >= 0.6 is 38.9 Å². The van der Waals surface area contributed by atoms with Crippen LogP contribution in [0.2, 0.25) is 5.02 Å². The van der Waals surface area contributed by atoms with Gasteiger partial charge in [0.2, 0.25) is 0 Å². The predicted molar refractivity (Wildman–Crippen MR) is 80.7 cm³/mol. The van der Waals surface area contributed by atoms with Gasteiger partial charge in [0.15, 0.2) is 0 Å². The molecule has 0 amide bonds. The molecule has 1 heterocycles. The van der Waals surface area contributed by atoms with Crippen LogP contribution in [0.25, 0.3) is 0 Å². The van der Waals surface area contributed by atoms with Crippen molar-refractivity contribution in [3.8, 4) is 5.75 Å². The van der Waals surface area contributed by atoms with Gasteiger partial charge in [-0.2, -0.15) is 0 Å². The van der Waals surface area contributed by atoms with Gasteiger partial charge >= 0.3 is 0 Å². The highest BCUT2D eigenvalue weighted by Crippen LogP contribution is 2.30. The van der Waals surface area contributed by atoms with Crippen molar-refractivity contribution in [2.45, 2.75) is 12.5 Å². The molecule has 1 aromatic carbocycles. The number of ether oxygens (including phenoxy) is 1. The van der Waals surface area contributed by atoms with Gasteiger partial charge in [-0.1, -0.05) is 17.7 Å². The Balaban J connectivity index is 2.20. The third kappa shape index (κ3) is 3.26. The molecule has 0 saturated heterocycles. The van der Waals surface area contributed by atoms with Gasteiger partial charge in [-0.15, -0.1) is 11.3 Å². The van der Waals surface area contributed by atoms with E-state index in [0.717, 1.165) is 22.2 Å². The summed E-state index contributed by atoms with van der Waals surface area (Å²) in [5.41, 5.74) is 7.21. The average molecular weight is 347 g/mol. The average Bonchev–Trinajstić information content (AvgIpc) is 2.74. The van der Waals surface area contributed by atoms with E-state index in [2.05, 4.69) is 27.4 Å². The topological polar surface area (TPSA) is 35.2 Å². The summed E-state index contributed by atoms with van der Waals surface area (Å²) in [6, 6.07) is 7.55. The third-order valence-electron chi connectivity index (χ3n) is 2.64. The van der Waals surface area contributed by atoms with Gasteiger partial charge in [-0.25, -0.2) is 0 Å². The van der Waals surface area contributed by atoms with Crippen LogP contribution in [-0.2, 0) is 6.42 Å². The van der Waals surface area contributed by atoms with Gasteiger partial charge < -0.3 is 10.5 Å². The molecule has 1 aromatic heterocycles. The maximum atomic E-state index is 6.23. The number of benzene rings is 1. The lowest BCUT2D eigenvalue weighted by Crippen LogP contribution is -2.13. The van der Waals surface area contributed by atoms with E-state index in [1.54, 1.807) is 24.5 Å². The molecule has 0 aliphatic rings. The van der Waals surface area contributed by atoms with Crippen molar-refractivity contribution in [3.63, 3.8) is 0 Å². The maximum Gasteiger partial charge on any atom is 0.125 e. The quantitative estimate of drug-likeness (QED) is 0.889. The molecule has 2 nitrogen and oxygen atoms in total. The summed E-state index contributed by atoms with van der Waals surface area (Å²) in [5, 5.41) is 2.71. The zero-order chi connectivity index (χ0) is 13.1. The summed E-state index contributed by atoms with van der Waals surface area (Å²) < 4.78 is 6.42. The number of rotatable bonds is 4. The smallest absolute Gasteiger partial charge is 0.125 e. The molecule has 0 aliphatic heterocycles. The van der Waals surface area contributed by atoms with Crippen LogP contribution in [0.4, 0.5) is 0 Å². The maximum absolute atomic E-state index is 6.23. The first-order chi connectivity index (χ1) is 8.60. The summed E-state index contributed by atoms with van der Waals surface area (Å²) in [6.45, 7) is 0. The zero-order valence-electron chi connectivity index (χ0n) is 9.82. The van der Waals surface area contributed by atoms with E-state index in [1.165, 1.54) is 4.88 Å². The molecule has 2 rings (SSSR count). The lowest BCUT2D eigenvalue weighted by Gasteiger charge is -2.15. The van der Waals surface area contributed by atoms with Crippen LogP contribution in [0.1, 0.15) is 16.5 Å². The van der Waals surface area contributed by atoms with Crippen molar-refractivity contribution >= 4 is 38.9 Å². The molecule has 0 radical (unpaired) electrons. The molecule has 1 atom stereocenters. The van der Waals surface area contributed by atoms with E-state index < -0.39 is 0 Å². The molecule has 18 heavy (non-hydrogen) atoms. The van der Waals surface area contributed by atoms with Gasteiger partial charge in [0, 0.05) is 37.8 Å². The van der Waals surface area contributed by atoms with Crippen molar-refractivity contribution in [1.29, 1.82) is 0 Å². The van der Waals surface area contributed by atoms with Crippen LogP contribution in [0.3, 0.4) is 0 Å². The minimum Gasteiger partial charge on any atom is -0.496 e. The third-order valence-corrected chi connectivity index (χ3v) is 4.59. The number of methoxy groups -OCH3 is 1. The van der Waals surface area contributed by atoms with Crippen LogP contribution in [0.15, 0.2) is 34.1 Å². The first-order valence-electron chi connectivity index (χ1n) is 5.42. The lowest BCUT2D eigenvalue weighted by atomic mass is 10.0. The minimum absolute atomic E-state index is 0.0947. The van der Waals surface area contributed by atoms with E-state index in [-0.39, 0.29) is 6.04 Å². The summed E-state index contributed by atoms with van der Waals surface area (Å²) >= 11 is 11.1. The van der Waals surface area contributed by atoms with E-state index >= 15 is 0 Å². The SMILES string of the molecule is COc1cc(Cl)ccc1C(N)Cc1cc(Br)cs1. The van der Waals surface area contributed by atoms with E-state index in [4.69, 9.17) is 22.1 Å². The summed E-state index contributed by atoms with van der Waals surface area (Å²) in [7, 11) is 1.63. The van der Waals surface area contributed by atoms with Crippen LogP contribution in [0, 0.1) is 0 Å². The molecule has 0 spiro atoms. The lowest BCUT2D eigenvalue weighted by molar-refractivity contribution is 0.405. The van der Waals surface area contributed by atoms with Crippen molar-refractivity contribution in [3.05, 3.63) is 49.6 Å². The van der Waals surface area contributed by atoms with Gasteiger partial charge in [0.1, 0.15) is 5.75 Å². The summed E-state index contributed by atoms with van der Waals surface area (Å²) in [5.74, 6) is 0.741. The second-order valence-electron chi connectivity index (χ2n) is 3.93. The van der Waals surface area contributed by atoms with Gasteiger partial charge in [-0.05, 0) is 34.1 Å². The number of hydrogen-bond acceptors (Lipinski definition) is 3. The minimum atomic E-state index is -0.0947. The Kier molecular flexibility index (Phi) is 4.67. The largest absolute Gasteiger partial charge is 0.496 e. The Morgan fingerprint density at radius 1 is 1.44 bits per heavy atom. The van der Waals surface area contributed by atoms with Crippen molar-refractivity contribution in [1.82, 2.24) is 0 Å². The van der Waals surface area contributed by atoms with Gasteiger partial charge in [-0.3, -0.25) is 0 Å². The fraction of sp³-hybridized carbons (Fsp3) is 0.231. The molecule has 2 N–H and O–H groups in total. The molecule has 0 bridgehead atoms. The van der Waals surface area contributed by atoms with Crippen molar-refractivity contribution in [2.24, 2.45) is 5.73 Å². The van der Waals surface area contributed by atoms with Gasteiger partial charge in [0.25, 0.3) is 0 Å². The highest BCUT2D eigenvalue weighted by atomic mass is 79.9. The first-order valence-corrected chi connectivity index (χ1v) is 7.47. The van der Waals surface area contributed by atoms with Crippen molar-refractivity contribution in [2.75, 3.05) is 7.11 Å². The molecule has 0 aliphatic carbocycles. The van der Waals surface area contributed by atoms with Crippen molar-refractivity contribution < 1.29 is 4.74 Å². The Labute approximate surface area is 124 Å². The number of hydrogen-bond donors (Lipinski definition) is 1. The molecule has 96 valence electrons. The Hall–Kier alpha value is -0.550. The van der Waals surface area contributed by atoms with E-state index in [1.807, 2.05) is 12.1 Å².